The van der Waals surface area contributed by atoms with E-state index in [0.29, 0.717) is 12.1 Å². The zero-order valence-corrected chi connectivity index (χ0v) is 13.4. The van der Waals surface area contributed by atoms with Gasteiger partial charge in [0.25, 0.3) is 6.47 Å². The van der Waals surface area contributed by atoms with Crippen LogP contribution in [0.2, 0.25) is 0 Å². The number of fused-ring (bicyclic) bond motifs is 2. The molecular weight excluding hydrogens is 294 g/mol. The van der Waals surface area contributed by atoms with Gasteiger partial charge in [0.05, 0.1) is 12.2 Å². The Bertz CT molecular complexity index is 453. The molecule has 1 unspecified atom stereocenters. The highest BCUT2D eigenvalue weighted by atomic mass is 16.3. The largest absolute Gasteiger partial charge is 0.483 e. The average Bonchev–Trinajstić information content (AvgIpc) is 2.54. The maximum absolute atomic E-state index is 10.3. The van der Waals surface area contributed by atoms with Crippen LogP contribution in [0.3, 0.4) is 0 Å². The molecule has 0 spiro atoms. The first-order chi connectivity index (χ1) is 11.2. The van der Waals surface area contributed by atoms with Crippen LogP contribution in [-0.4, -0.2) is 51.4 Å². The summed E-state index contributed by atoms with van der Waals surface area (Å²) in [5, 5.41) is 27.1. The number of benzene rings is 1. The van der Waals surface area contributed by atoms with E-state index >= 15 is 0 Å². The van der Waals surface area contributed by atoms with Crippen LogP contribution in [0.25, 0.3) is 0 Å². The minimum Gasteiger partial charge on any atom is -0.483 e. The Morgan fingerprint density at radius 2 is 1.74 bits per heavy atom. The summed E-state index contributed by atoms with van der Waals surface area (Å²) in [6, 6.07) is 11.0. The number of piperidine rings is 2. The number of hydrogen-bond donors (Lipinski definition) is 3. The van der Waals surface area contributed by atoms with Crippen LogP contribution in [0.4, 0.5) is 0 Å². The Kier molecular flexibility index (Phi) is 7.02. The van der Waals surface area contributed by atoms with Crippen LogP contribution >= 0.6 is 0 Å². The molecule has 2 fully saturated rings. The van der Waals surface area contributed by atoms with Crippen molar-refractivity contribution in [3.63, 3.8) is 0 Å². The van der Waals surface area contributed by atoms with Crippen molar-refractivity contribution in [2.24, 2.45) is 0 Å². The van der Waals surface area contributed by atoms with Crippen molar-refractivity contribution in [2.45, 2.75) is 62.8 Å². The lowest BCUT2D eigenvalue weighted by atomic mass is 9.82. The van der Waals surface area contributed by atoms with Gasteiger partial charge in [-0.2, -0.15) is 0 Å². The first-order valence-corrected chi connectivity index (χ1v) is 8.40. The Hall–Kier alpha value is -1.43. The van der Waals surface area contributed by atoms with Crippen LogP contribution in [-0.2, 0) is 4.79 Å². The van der Waals surface area contributed by atoms with Gasteiger partial charge in [-0.3, -0.25) is 9.69 Å². The SMILES string of the molecule is O=CO.OC1C[C@H]2CCC[C@@H](C1)N2CC[C@@H](O)c1ccccc1. The lowest BCUT2D eigenvalue weighted by molar-refractivity contribution is -0.122. The normalized spacial score (nSPS) is 28.3. The summed E-state index contributed by atoms with van der Waals surface area (Å²) in [5.74, 6) is 0. The standard InChI is InChI=1S/C17H25NO2.CH2O2/c19-16-11-14-7-4-8-15(12-16)18(14)10-9-17(20)13-5-2-1-3-6-13;2-1-3/h1-3,5-6,14-17,19-20H,4,7-12H2;1H,(H,2,3)/t14-,15+,16?,17-;/m1./s1. The van der Waals surface area contributed by atoms with E-state index in [1.807, 2.05) is 30.3 Å². The molecule has 5 heteroatoms. The molecule has 1 aromatic rings. The topological polar surface area (TPSA) is 81.0 Å². The molecular formula is C18H27NO4. The lowest BCUT2D eigenvalue weighted by Crippen LogP contribution is -2.53. The molecule has 0 radical (unpaired) electrons. The van der Waals surface area contributed by atoms with E-state index in [9.17, 15) is 10.2 Å². The number of rotatable bonds is 4. The third-order valence-electron chi connectivity index (χ3n) is 4.95. The van der Waals surface area contributed by atoms with E-state index in [4.69, 9.17) is 9.90 Å². The second-order valence-electron chi connectivity index (χ2n) is 6.42. The van der Waals surface area contributed by atoms with Gasteiger partial charge in [0, 0.05) is 18.6 Å². The molecule has 3 N–H and O–H groups in total. The Labute approximate surface area is 137 Å². The molecule has 1 aromatic carbocycles. The van der Waals surface area contributed by atoms with Crippen molar-refractivity contribution in [1.82, 2.24) is 4.90 Å². The van der Waals surface area contributed by atoms with Gasteiger partial charge in [0.15, 0.2) is 0 Å². The van der Waals surface area contributed by atoms with Gasteiger partial charge in [-0.15, -0.1) is 0 Å². The molecule has 0 aromatic heterocycles. The van der Waals surface area contributed by atoms with Gasteiger partial charge in [0.2, 0.25) is 0 Å². The Morgan fingerprint density at radius 1 is 1.17 bits per heavy atom. The molecule has 23 heavy (non-hydrogen) atoms. The van der Waals surface area contributed by atoms with Gasteiger partial charge in [0.1, 0.15) is 0 Å². The molecule has 2 aliphatic rings. The highest BCUT2D eigenvalue weighted by Crippen LogP contribution is 2.34. The monoisotopic (exact) mass is 321 g/mol. The van der Waals surface area contributed by atoms with Crippen molar-refractivity contribution >= 4 is 6.47 Å². The van der Waals surface area contributed by atoms with Crippen molar-refractivity contribution in [2.75, 3.05) is 6.54 Å². The minimum atomic E-state index is -0.372. The molecule has 4 atom stereocenters. The number of hydrogen-bond acceptors (Lipinski definition) is 4. The van der Waals surface area contributed by atoms with Gasteiger partial charge < -0.3 is 15.3 Å². The maximum Gasteiger partial charge on any atom is 0.290 e. The fraction of sp³-hybridized carbons (Fsp3) is 0.611. The van der Waals surface area contributed by atoms with Gasteiger partial charge in [-0.1, -0.05) is 36.8 Å². The Morgan fingerprint density at radius 3 is 2.30 bits per heavy atom. The van der Waals surface area contributed by atoms with Gasteiger partial charge in [-0.25, -0.2) is 0 Å². The van der Waals surface area contributed by atoms with Crippen LogP contribution in [0.5, 0.6) is 0 Å². The van der Waals surface area contributed by atoms with Crippen molar-refractivity contribution in [3.05, 3.63) is 35.9 Å². The average molecular weight is 321 g/mol. The number of aliphatic hydroxyl groups excluding tert-OH is 2. The number of nitrogens with zero attached hydrogens (tertiary/aromatic N) is 1. The summed E-state index contributed by atoms with van der Waals surface area (Å²) in [4.78, 5) is 10.9. The molecule has 0 amide bonds. The second kappa shape index (κ2) is 9.01. The van der Waals surface area contributed by atoms with Crippen LogP contribution in [0, 0.1) is 0 Å². The van der Waals surface area contributed by atoms with Gasteiger partial charge >= 0.3 is 0 Å². The van der Waals surface area contributed by atoms with Crippen LogP contribution in [0.1, 0.15) is 50.2 Å². The summed E-state index contributed by atoms with van der Waals surface area (Å²) in [7, 11) is 0. The van der Waals surface area contributed by atoms with Crippen molar-refractivity contribution < 1.29 is 20.1 Å². The molecule has 128 valence electrons. The van der Waals surface area contributed by atoms with E-state index in [0.717, 1.165) is 31.4 Å². The fourth-order valence-corrected chi connectivity index (χ4v) is 3.93. The molecule has 2 heterocycles. The maximum atomic E-state index is 10.3. The molecule has 2 bridgehead atoms. The summed E-state index contributed by atoms with van der Waals surface area (Å²) >= 11 is 0. The van der Waals surface area contributed by atoms with E-state index in [2.05, 4.69) is 4.90 Å². The summed E-state index contributed by atoms with van der Waals surface area (Å²) in [6.07, 6.45) is 5.83. The van der Waals surface area contributed by atoms with E-state index in [1.54, 1.807) is 0 Å². The highest BCUT2D eigenvalue weighted by molar-refractivity contribution is 5.32. The molecule has 2 aliphatic heterocycles. The third-order valence-corrected chi connectivity index (χ3v) is 4.95. The second-order valence-corrected chi connectivity index (χ2v) is 6.42. The highest BCUT2D eigenvalue weighted by Gasteiger charge is 2.37. The van der Waals surface area contributed by atoms with Crippen molar-refractivity contribution in [1.29, 1.82) is 0 Å². The third kappa shape index (κ3) is 5.03. The predicted molar refractivity (Wildman–Crippen MR) is 88.1 cm³/mol. The predicted octanol–water partition coefficient (Wildman–Crippen LogP) is 2.19. The smallest absolute Gasteiger partial charge is 0.290 e. The summed E-state index contributed by atoms with van der Waals surface area (Å²) < 4.78 is 0. The van der Waals surface area contributed by atoms with E-state index < -0.39 is 0 Å². The number of carbonyl (C=O) groups is 1. The Balaban J connectivity index is 0.000000595. The first kappa shape index (κ1) is 17.9. The summed E-state index contributed by atoms with van der Waals surface area (Å²) in [6.45, 7) is 0.693. The molecule has 0 saturated carbocycles. The van der Waals surface area contributed by atoms with E-state index in [1.165, 1.54) is 19.3 Å². The molecule has 0 aliphatic carbocycles. The molecule has 2 saturated heterocycles. The van der Waals surface area contributed by atoms with E-state index in [-0.39, 0.29) is 18.7 Å². The minimum absolute atomic E-state index is 0.111. The number of aliphatic hydroxyl groups is 2. The lowest BCUT2D eigenvalue weighted by Gasteiger charge is -2.48. The van der Waals surface area contributed by atoms with Crippen molar-refractivity contribution in [3.8, 4) is 0 Å². The first-order valence-electron chi connectivity index (χ1n) is 8.40. The molecule has 3 rings (SSSR count). The quantitative estimate of drug-likeness (QED) is 0.741. The van der Waals surface area contributed by atoms with Crippen LogP contribution < -0.4 is 0 Å². The number of carboxylic acid groups (broad SMARTS) is 1. The van der Waals surface area contributed by atoms with Gasteiger partial charge in [-0.05, 0) is 37.7 Å². The summed E-state index contributed by atoms with van der Waals surface area (Å²) in [5.41, 5.74) is 1.01. The molecule has 5 nitrogen and oxygen atoms in total. The zero-order valence-electron chi connectivity index (χ0n) is 13.4. The van der Waals surface area contributed by atoms with Crippen LogP contribution in [0.15, 0.2) is 30.3 Å². The fourth-order valence-electron chi connectivity index (χ4n) is 3.93. The zero-order chi connectivity index (χ0) is 16.7.